The Morgan fingerprint density at radius 3 is 2.38 bits per heavy atom. The maximum atomic E-state index is 5.75. The lowest BCUT2D eigenvalue weighted by molar-refractivity contribution is 1.63. The zero-order valence-electron chi connectivity index (χ0n) is 6.57. The summed E-state index contributed by atoms with van der Waals surface area (Å²) in [5.41, 5.74) is 1.77. The van der Waals surface area contributed by atoms with Crippen molar-refractivity contribution in [2.45, 2.75) is 0 Å². The molecule has 0 fully saturated rings. The second kappa shape index (κ2) is 3.36. The molecule has 0 saturated carbocycles. The Bertz CT molecular complexity index is 406. The molecule has 2 nitrogen and oxygen atoms in total. The van der Waals surface area contributed by atoms with Crippen molar-refractivity contribution >= 4 is 40.9 Å². The summed E-state index contributed by atoms with van der Waals surface area (Å²) >= 11 is 10.6. The van der Waals surface area contributed by atoms with E-state index in [4.69, 9.17) is 23.8 Å². The smallest absolute Gasteiger partial charge is 0.219 e. The number of benzene rings is 1. The van der Waals surface area contributed by atoms with E-state index < -0.39 is 0 Å². The summed E-state index contributed by atoms with van der Waals surface area (Å²) in [4.78, 5) is 7.96. The van der Waals surface area contributed by atoms with Crippen LogP contribution in [-0.2, 0) is 0 Å². The average molecular weight is 209 g/mol. The monoisotopic (exact) mass is 208 g/mol. The van der Waals surface area contributed by atoms with Gasteiger partial charge in [0, 0.05) is 10.6 Å². The third-order valence-corrected chi connectivity index (χ3v) is 2.10. The van der Waals surface area contributed by atoms with E-state index in [-0.39, 0.29) is 0 Å². The Morgan fingerprint density at radius 1 is 1.15 bits per heavy atom. The van der Waals surface area contributed by atoms with Gasteiger partial charge in [0.15, 0.2) is 0 Å². The van der Waals surface area contributed by atoms with Crippen LogP contribution in [0.5, 0.6) is 0 Å². The number of nitrogens with zero attached hydrogens (tertiary/aromatic N) is 2. The molecule has 1 aliphatic rings. The van der Waals surface area contributed by atoms with Crippen LogP contribution in [0.15, 0.2) is 34.3 Å². The van der Waals surface area contributed by atoms with Gasteiger partial charge in [0.25, 0.3) is 0 Å². The summed E-state index contributed by atoms with van der Waals surface area (Å²) in [6, 6.07) is 7.41. The molecule has 1 aromatic rings. The Kier molecular flexibility index (Phi) is 2.20. The van der Waals surface area contributed by atoms with E-state index in [1.807, 2.05) is 24.3 Å². The normalized spacial score (nSPS) is 14.8. The van der Waals surface area contributed by atoms with Crippen molar-refractivity contribution in [3.8, 4) is 0 Å². The molecule has 0 unspecified atom stereocenters. The van der Waals surface area contributed by atoms with Gasteiger partial charge < -0.3 is 0 Å². The summed E-state index contributed by atoms with van der Waals surface area (Å²) < 4.78 is 0. The summed E-state index contributed by atoms with van der Waals surface area (Å²) in [7, 11) is 0. The van der Waals surface area contributed by atoms with E-state index >= 15 is 0 Å². The Balaban J connectivity index is 2.37. The van der Waals surface area contributed by atoms with Crippen molar-refractivity contribution in [2.75, 3.05) is 0 Å². The molecule has 13 heavy (non-hydrogen) atoms. The number of halogens is 1. The fourth-order valence-corrected chi connectivity index (χ4v) is 1.31. The van der Waals surface area contributed by atoms with Crippen LogP contribution in [0.4, 0.5) is 0 Å². The Labute approximate surface area is 86.0 Å². The highest BCUT2D eigenvalue weighted by Gasteiger charge is 2.06. The minimum absolute atomic E-state index is 0.380. The second-order valence-electron chi connectivity index (χ2n) is 2.54. The first kappa shape index (κ1) is 8.53. The van der Waals surface area contributed by atoms with E-state index in [0.29, 0.717) is 10.1 Å². The maximum Gasteiger partial charge on any atom is 0.219 e. The zero-order valence-corrected chi connectivity index (χ0v) is 8.14. The molecule has 1 aromatic carbocycles. The van der Waals surface area contributed by atoms with Crippen LogP contribution in [0.2, 0.25) is 5.02 Å². The first-order chi connectivity index (χ1) is 6.25. The molecule has 0 aliphatic carbocycles. The first-order valence-electron chi connectivity index (χ1n) is 3.68. The highest BCUT2D eigenvalue weighted by atomic mass is 35.5. The number of thiocarbonyl (C=S) groups is 1. The molecule has 4 heteroatoms. The molecule has 0 bridgehead atoms. The molecule has 1 heterocycles. The minimum Gasteiger partial charge on any atom is -0.225 e. The number of hydrogen-bond acceptors (Lipinski definition) is 1. The lowest BCUT2D eigenvalue weighted by atomic mass is 10.1. The third-order valence-electron chi connectivity index (χ3n) is 1.65. The summed E-state index contributed by atoms with van der Waals surface area (Å²) in [6.07, 6.45) is 1.66. The van der Waals surface area contributed by atoms with Crippen molar-refractivity contribution in [1.82, 2.24) is 0 Å². The predicted octanol–water partition coefficient (Wildman–Crippen LogP) is 2.50. The molecule has 1 aliphatic heterocycles. The highest BCUT2D eigenvalue weighted by molar-refractivity contribution is 7.80. The van der Waals surface area contributed by atoms with Crippen molar-refractivity contribution in [2.24, 2.45) is 9.98 Å². The number of hydrogen-bond donors (Lipinski definition) is 0. The van der Waals surface area contributed by atoms with Gasteiger partial charge in [0.05, 0.1) is 11.9 Å². The summed E-state index contributed by atoms with van der Waals surface area (Å²) in [6.45, 7) is 0. The van der Waals surface area contributed by atoms with Crippen LogP contribution in [0.25, 0.3) is 0 Å². The van der Waals surface area contributed by atoms with E-state index in [9.17, 15) is 0 Å². The van der Waals surface area contributed by atoms with Gasteiger partial charge in [0.1, 0.15) is 0 Å². The summed E-state index contributed by atoms with van der Waals surface area (Å²) in [5, 5.41) is 1.09. The molecule has 0 saturated heterocycles. The van der Waals surface area contributed by atoms with Gasteiger partial charge in [-0.05, 0) is 24.4 Å². The van der Waals surface area contributed by atoms with Gasteiger partial charge in [-0.15, -0.1) is 0 Å². The topological polar surface area (TPSA) is 24.7 Å². The first-order valence-corrected chi connectivity index (χ1v) is 4.47. The molecule has 0 spiro atoms. The average Bonchev–Trinajstić information content (AvgIpc) is 2.53. The second-order valence-corrected chi connectivity index (χ2v) is 3.35. The van der Waals surface area contributed by atoms with Crippen LogP contribution < -0.4 is 0 Å². The fourth-order valence-electron chi connectivity index (χ4n) is 1.04. The standard InChI is InChI=1S/C9H5ClN2S/c10-7-3-1-6(2-4-7)8-5-11-9(13)12-8/h1-5H. The van der Waals surface area contributed by atoms with E-state index in [1.165, 1.54) is 0 Å². The molecule has 0 N–H and O–H groups in total. The minimum atomic E-state index is 0.380. The Hall–Kier alpha value is -1.06. The summed E-state index contributed by atoms with van der Waals surface area (Å²) in [5.74, 6) is 0. The maximum absolute atomic E-state index is 5.75. The molecular weight excluding hydrogens is 204 g/mol. The zero-order chi connectivity index (χ0) is 9.26. The van der Waals surface area contributed by atoms with Crippen LogP contribution in [0, 0.1) is 0 Å². The molecule has 0 atom stereocenters. The fraction of sp³-hybridized carbons (Fsp3) is 0. The molecule has 2 rings (SSSR count). The van der Waals surface area contributed by atoms with Crippen LogP contribution in [0.1, 0.15) is 5.56 Å². The van der Waals surface area contributed by atoms with Gasteiger partial charge in [-0.25, -0.2) is 9.98 Å². The van der Waals surface area contributed by atoms with Crippen LogP contribution in [0.3, 0.4) is 0 Å². The van der Waals surface area contributed by atoms with Gasteiger partial charge in [-0.1, -0.05) is 23.7 Å². The van der Waals surface area contributed by atoms with Crippen molar-refractivity contribution in [3.05, 3.63) is 34.9 Å². The van der Waals surface area contributed by atoms with Gasteiger partial charge in [-0.2, -0.15) is 0 Å². The predicted molar refractivity (Wildman–Crippen MR) is 59.1 cm³/mol. The van der Waals surface area contributed by atoms with Gasteiger partial charge in [-0.3, -0.25) is 0 Å². The van der Waals surface area contributed by atoms with Crippen LogP contribution in [-0.4, -0.2) is 17.0 Å². The third kappa shape index (κ3) is 1.82. The lowest BCUT2D eigenvalue weighted by Crippen LogP contribution is -1.98. The molecule has 0 amide bonds. The SMILES string of the molecule is S=C1N=CC(c2ccc(Cl)cc2)=N1. The molecule has 64 valence electrons. The molecular formula is C9H5ClN2S. The quantitative estimate of drug-likeness (QED) is 0.651. The van der Waals surface area contributed by atoms with E-state index in [2.05, 4.69) is 9.98 Å². The van der Waals surface area contributed by atoms with Crippen molar-refractivity contribution < 1.29 is 0 Å². The highest BCUT2D eigenvalue weighted by Crippen LogP contribution is 2.11. The molecule has 0 radical (unpaired) electrons. The largest absolute Gasteiger partial charge is 0.225 e. The van der Waals surface area contributed by atoms with Crippen molar-refractivity contribution in [3.63, 3.8) is 0 Å². The number of aliphatic imine (C=N–C) groups is 2. The van der Waals surface area contributed by atoms with Gasteiger partial charge in [0.2, 0.25) is 5.11 Å². The van der Waals surface area contributed by atoms with Gasteiger partial charge >= 0.3 is 0 Å². The van der Waals surface area contributed by atoms with Crippen molar-refractivity contribution in [1.29, 1.82) is 0 Å². The lowest BCUT2D eigenvalue weighted by Gasteiger charge is -1.95. The number of rotatable bonds is 1. The Morgan fingerprint density at radius 2 is 1.85 bits per heavy atom. The van der Waals surface area contributed by atoms with E-state index in [1.54, 1.807) is 6.21 Å². The molecule has 0 aromatic heterocycles. The van der Waals surface area contributed by atoms with E-state index in [0.717, 1.165) is 11.3 Å². The van der Waals surface area contributed by atoms with Crippen LogP contribution >= 0.6 is 23.8 Å².